The normalized spacial score (nSPS) is 15.0. The van der Waals surface area contributed by atoms with Gasteiger partial charge in [-0.15, -0.1) is 0 Å². The lowest BCUT2D eigenvalue weighted by Gasteiger charge is -2.33. The summed E-state index contributed by atoms with van der Waals surface area (Å²) in [6.45, 7) is 0.0811. The van der Waals surface area contributed by atoms with Gasteiger partial charge >= 0.3 is 6.61 Å². The molecular formula is C20H20F3N5O2. The molecule has 0 atom stereocenters. The van der Waals surface area contributed by atoms with Crippen LogP contribution in [0.2, 0.25) is 0 Å². The number of aryl methyl sites for hydroxylation is 1. The molecule has 7 nitrogen and oxygen atoms in total. The van der Waals surface area contributed by atoms with Crippen molar-refractivity contribution < 1.29 is 22.6 Å². The molecule has 0 spiro atoms. The molecular weight excluding hydrogens is 399 g/mol. The second-order valence-electron chi connectivity index (χ2n) is 7.02. The van der Waals surface area contributed by atoms with E-state index in [1.54, 1.807) is 6.20 Å². The number of nitrogen functional groups attached to an aromatic ring is 1. The predicted molar refractivity (Wildman–Crippen MR) is 105 cm³/mol. The highest BCUT2D eigenvalue weighted by atomic mass is 19.3. The molecule has 1 aromatic carbocycles. The molecule has 3 heterocycles. The fourth-order valence-electron chi connectivity index (χ4n) is 3.42. The molecule has 1 aliphatic rings. The van der Waals surface area contributed by atoms with Crippen LogP contribution in [0.5, 0.6) is 11.5 Å². The van der Waals surface area contributed by atoms with Gasteiger partial charge in [-0.2, -0.15) is 8.78 Å². The van der Waals surface area contributed by atoms with Crippen molar-refractivity contribution >= 4 is 22.7 Å². The number of fused-ring (bicyclic) bond motifs is 1. The monoisotopic (exact) mass is 419 g/mol. The van der Waals surface area contributed by atoms with Gasteiger partial charge in [0, 0.05) is 37.7 Å². The topological polar surface area (TPSA) is 86.4 Å². The van der Waals surface area contributed by atoms with Crippen molar-refractivity contribution in [1.82, 2.24) is 15.0 Å². The fraction of sp³-hybridized carbons (Fsp3) is 0.350. The minimum absolute atomic E-state index is 0.00283. The van der Waals surface area contributed by atoms with Gasteiger partial charge in [0.05, 0.1) is 11.7 Å². The van der Waals surface area contributed by atoms with E-state index in [9.17, 15) is 13.2 Å². The predicted octanol–water partition coefficient (Wildman–Crippen LogP) is 3.70. The Labute approximate surface area is 170 Å². The Kier molecular flexibility index (Phi) is 5.47. The van der Waals surface area contributed by atoms with E-state index in [1.165, 1.54) is 12.1 Å². The number of hydrogen-bond donors (Lipinski definition) is 1. The van der Waals surface area contributed by atoms with Crippen LogP contribution in [0.25, 0.3) is 11.0 Å². The van der Waals surface area contributed by atoms with Crippen LogP contribution in [0, 0.1) is 12.7 Å². The third-order valence-electron chi connectivity index (χ3n) is 4.86. The zero-order chi connectivity index (χ0) is 21.3. The summed E-state index contributed by atoms with van der Waals surface area (Å²) in [4.78, 5) is 15.2. The molecule has 0 unspecified atom stereocenters. The summed E-state index contributed by atoms with van der Waals surface area (Å²) in [5.41, 5.74) is 8.29. The Morgan fingerprint density at radius 3 is 2.60 bits per heavy atom. The number of alkyl halides is 2. The van der Waals surface area contributed by atoms with Crippen molar-refractivity contribution in [2.45, 2.75) is 32.5 Å². The largest absolute Gasteiger partial charge is 0.487 e. The number of aromatic nitrogens is 3. The van der Waals surface area contributed by atoms with Crippen molar-refractivity contribution in [3.05, 3.63) is 42.0 Å². The first-order valence-electron chi connectivity index (χ1n) is 9.45. The quantitative estimate of drug-likeness (QED) is 0.675. The summed E-state index contributed by atoms with van der Waals surface area (Å²) in [5.74, 6) is -0.0628. The van der Waals surface area contributed by atoms with Crippen LogP contribution in [-0.2, 0) is 0 Å². The molecule has 0 saturated carbocycles. The van der Waals surface area contributed by atoms with Crippen LogP contribution in [0.1, 0.15) is 18.5 Å². The SMILES string of the molecule is Cc1cc2nc(N3CCC(Oc4ccc(OC(F)F)cc4F)CC3)c(N)nc2cn1. The number of halogens is 3. The fourth-order valence-corrected chi connectivity index (χ4v) is 3.42. The summed E-state index contributed by atoms with van der Waals surface area (Å²) < 4.78 is 48.5. The number of benzene rings is 1. The second kappa shape index (κ2) is 8.21. The minimum Gasteiger partial charge on any atom is -0.487 e. The van der Waals surface area contributed by atoms with Gasteiger partial charge in [-0.1, -0.05) is 0 Å². The second-order valence-corrected chi connectivity index (χ2v) is 7.02. The van der Waals surface area contributed by atoms with E-state index in [0.717, 1.165) is 17.3 Å². The van der Waals surface area contributed by atoms with Crippen molar-refractivity contribution in [3.8, 4) is 11.5 Å². The van der Waals surface area contributed by atoms with Gasteiger partial charge in [-0.05, 0) is 25.1 Å². The van der Waals surface area contributed by atoms with Crippen molar-refractivity contribution in [1.29, 1.82) is 0 Å². The lowest BCUT2D eigenvalue weighted by molar-refractivity contribution is -0.0500. The van der Waals surface area contributed by atoms with Crippen molar-refractivity contribution in [2.24, 2.45) is 0 Å². The first-order chi connectivity index (χ1) is 14.4. The van der Waals surface area contributed by atoms with Crippen LogP contribution in [-0.4, -0.2) is 40.8 Å². The van der Waals surface area contributed by atoms with Crippen LogP contribution in [0.15, 0.2) is 30.5 Å². The number of rotatable bonds is 5. The van der Waals surface area contributed by atoms with Gasteiger partial charge in [-0.25, -0.2) is 14.4 Å². The summed E-state index contributed by atoms with van der Waals surface area (Å²) in [6.07, 6.45) is 2.65. The van der Waals surface area contributed by atoms with Gasteiger partial charge in [-0.3, -0.25) is 4.98 Å². The first kappa shape index (κ1) is 20.0. The maximum atomic E-state index is 14.1. The lowest BCUT2D eigenvalue weighted by Crippen LogP contribution is -2.39. The van der Waals surface area contributed by atoms with Crippen molar-refractivity contribution in [3.63, 3.8) is 0 Å². The third kappa shape index (κ3) is 4.32. The molecule has 1 saturated heterocycles. The number of nitrogens with two attached hydrogens (primary N) is 1. The number of ether oxygens (including phenoxy) is 2. The average Bonchev–Trinajstić information content (AvgIpc) is 2.70. The molecule has 1 fully saturated rings. The molecule has 0 bridgehead atoms. The molecule has 0 radical (unpaired) electrons. The van der Waals surface area contributed by atoms with E-state index in [-0.39, 0.29) is 17.6 Å². The van der Waals surface area contributed by atoms with Crippen molar-refractivity contribution in [2.75, 3.05) is 23.7 Å². The summed E-state index contributed by atoms with van der Waals surface area (Å²) >= 11 is 0. The zero-order valence-corrected chi connectivity index (χ0v) is 16.2. The van der Waals surface area contributed by atoms with E-state index in [1.807, 2.05) is 17.9 Å². The van der Waals surface area contributed by atoms with Gasteiger partial charge in [0.25, 0.3) is 0 Å². The molecule has 10 heteroatoms. The molecule has 1 aliphatic heterocycles. The lowest BCUT2D eigenvalue weighted by atomic mass is 10.1. The maximum absolute atomic E-state index is 14.1. The highest BCUT2D eigenvalue weighted by Crippen LogP contribution is 2.29. The van der Waals surface area contributed by atoms with Gasteiger partial charge in [0.2, 0.25) is 0 Å². The van der Waals surface area contributed by atoms with Crippen LogP contribution in [0.3, 0.4) is 0 Å². The first-order valence-corrected chi connectivity index (χ1v) is 9.45. The Morgan fingerprint density at radius 1 is 1.13 bits per heavy atom. The molecule has 4 rings (SSSR count). The van der Waals surface area contributed by atoms with E-state index in [0.29, 0.717) is 43.1 Å². The number of pyridine rings is 1. The molecule has 2 aromatic heterocycles. The molecule has 0 aliphatic carbocycles. The average molecular weight is 419 g/mol. The van der Waals surface area contributed by atoms with E-state index < -0.39 is 12.4 Å². The molecule has 0 amide bonds. The number of nitrogens with zero attached hydrogens (tertiary/aromatic N) is 4. The smallest absolute Gasteiger partial charge is 0.387 e. The highest BCUT2D eigenvalue weighted by molar-refractivity contribution is 5.79. The standard InChI is InChI=1S/C20H20F3N5O2/c1-11-8-15-16(10-25-11)26-18(24)19(27-15)28-6-4-12(5-7-28)29-17-3-2-13(9-14(17)21)30-20(22)23/h2-3,8-10,12,20H,4-7H2,1H3,(H2,24,26). The number of hydrogen-bond acceptors (Lipinski definition) is 7. The molecule has 2 N–H and O–H groups in total. The van der Waals surface area contributed by atoms with Gasteiger partial charge in [0.1, 0.15) is 17.4 Å². The van der Waals surface area contributed by atoms with Crippen LogP contribution in [0.4, 0.5) is 24.8 Å². The van der Waals surface area contributed by atoms with Gasteiger partial charge < -0.3 is 20.1 Å². The summed E-state index contributed by atoms with van der Waals surface area (Å²) in [5, 5.41) is 0. The number of anilines is 2. The molecule has 3 aromatic rings. The van der Waals surface area contributed by atoms with E-state index >= 15 is 0 Å². The van der Waals surface area contributed by atoms with E-state index in [4.69, 9.17) is 10.5 Å². The van der Waals surface area contributed by atoms with Crippen LogP contribution >= 0.6 is 0 Å². The summed E-state index contributed by atoms with van der Waals surface area (Å²) in [6, 6.07) is 5.29. The minimum atomic E-state index is -3.01. The Morgan fingerprint density at radius 2 is 1.90 bits per heavy atom. The molecule has 30 heavy (non-hydrogen) atoms. The Hall–Kier alpha value is -3.30. The molecule has 158 valence electrons. The van der Waals surface area contributed by atoms with Gasteiger partial charge in [0.15, 0.2) is 23.2 Å². The third-order valence-corrected chi connectivity index (χ3v) is 4.86. The number of piperidine rings is 1. The highest BCUT2D eigenvalue weighted by Gasteiger charge is 2.24. The Bertz CT molecular complexity index is 1060. The maximum Gasteiger partial charge on any atom is 0.387 e. The van der Waals surface area contributed by atoms with E-state index in [2.05, 4.69) is 19.7 Å². The Balaban J connectivity index is 1.42. The zero-order valence-electron chi connectivity index (χ0n) is 16.2. The summed E-state index contributed by atoms with van der Waals surface area (Å²) in [7, 11) is 0. The van der Waals surface area contributed by atoms with Crippen LogP contribution < -0.4 is 20.1 Å².